The van der Waals surface area contributed by atoms with E-state index in [0.717, 1.165) is 23.2 Å². The van der Waals surface area contributed by atoms with Gasteiger partial charge in [-0.15, -0.1) is 0 Å². The molecule has 0 radical (unpaired) electrons. The molecule has 31 heavy (non-hydrogen) atoms. The Bertz CT molecular complexity index is 1010. The van der Waals surface area contributed by atoms with Gasteiger partial charge in [-0.05, 0) is 63.5 Å². The number of rotatable bonds is 7. The molecular weight excluding hydrogens is 410 g/mol. The largest absolute Gasteiger partial charge is 0.352 e. The van der Waals surface area contributed by atoms with Crippen LogP contribution in [0, 0.1) is 19.8 Å². The lowest BCUT2D eigenvalue weighted by atomic mass is 9.97. The summed E-state index contributed by atoms with van der Waals surface area (Å²) in [6.07, 6.45) is 1.08. The number of carbonyl (C=O) groups excluding carboxylic acids is 1. The van der Waals surface area contributed by atoms with E-state index in [-0.39, 0.29) is 11.8 Å². The molecule has 0 aromatic heterocycles. The van der Waals surface area contributed by atoms with Crippen LogP contribution in [0.3, 0.4) is 0 Å². The molecule has 1 amide bonds. The topological polar surface area (TPSA) is 69.7 Å². The number of benzene rings is 2. The lowest BCUT2D eigenvalue weighted by Crippen LogP contribution is -2.43. The third-order valence-electron chi connectivity index (χ3n) is 5.76. The normalized spacial score (nSPS) is 15.9. The van der Waals surface area contributed by atoms with E-state index < -0.39 is 10.0 Å². The number of amides is 1. The molecule has 7 heteroatoms. The molecule has 0 aliphatic carbocycles. The van der Waals surface area contributed by atoms with Crippen molar-refractivity contribution in [3.05, 3.63) is 64.7 Å². The van der Waals surface area contributed by atoms with Crippen LogP contribution in [0.15, 0.2) is 47.4 Å². The zero-order valence-corrected chi connectivity index (χ0v) is 19.7. The lowest BCUT2D eigenvalue weighted by Gasteiger charge is -2.31. The van der Waals surface area contributed by atoms with Gasteiger partial charge in [0.15, 0.2) is 0 Å². The summed E-state index contributed by atoms with van der Waals surface area (Å²) in [4.78, 5) is 15.1. The average molecular weight is 444 g/mol. The van der Waals surface area contributed by atoms with Gasteiger partial charge >= 0.3 is 0 Å². The number of sulfonamides is 1. The van der Waals surface area contributed by atoms with Crippen molar-refractivity contribution in [2.45, 2.75) is 44.7 Å². The molecule has 0 spiro atoms. The molecule has 1 heterocycles. The highest BCUT2D eigenvalue weighted by Crippen LogP contribution is 2.26. The Morgan fingerprint density at radius 1 is 1.03 bits per heavy atom. The molecule has 1 N–H and O–H groups in total. The Morgan fingerprint density at radius 2 is 1.65 bits per heavy atom. The van der Waals surface area contributed by atoms with Crippen molar-refractivity contribution in [2.75, 3.05) is 27.2 Å². The molecule has 0 bridgehead atoms. The lowest BCUT2D eigenvalue weighted by molar-refractivity contribution is -0.126. The zero-order valence-electron chi connectivity index (χ0n) is 18.9. The van der Waals surface area contributed by atoms with Gasteiger partial charge in [-0.25, -0.2) is 8.42 Å². The minimum atomic E-state index is -3.53. The second kappa shape index (κ2) is 9.94. The van der Waals surface area contributed by atoms with Gasteiger partial charge in [-0.2, -0.15) is 4.31 Å². The number of piperidine rings is 1. The highest BCUT2D eigenvalue weighted by molar-refractivity contribution is 7.89. The summed E-state index contributed by atoms with van der Waals surface area (Å²) < 4.78 is 27.6. The van der Waals surface area contributed by atoms with E-state index >= 15 is 0 Å². The quantitative estimate of drug-likeness (QED) is 0.714. The molecule has 0 unspecified atom stereocenters. The summed E-state index contributed by atoms with van der Waals surface area (Å²) in [5.74, 6) is -0.153. The third-order valence-corrected chi connectivity index (χ3v) is 7.82. The maximum absolute atomic E-state index is 13.0. The van der Waals surface area contributed by atoms with Crippen molar-refractivity contribution in [2.24, 2.45) is 5.92 Å². The fraction of sp³-hybridized carbons (Fsp3) is 0.458. The summed E-state index contributed by atoms with van der Waals surface area (Å²) in [6, 6.07) is 13.6. The van der Waals surface area contributed by atoms with Crippen LogP contribution in [0.2, 0.25) is 0 Å². The highest BCUT2D eigenvalue weighted by Gasteiger charge is 2.32. The van der Waals surface area contributed by atoms with E-state index in [2.05, 4.69) is 22.3 Å². The predicted octanol–water partition coefficient (Wildman–Crippen LogP) is 3.08. The summed E-state index contributed by atoms with van der Waals surface area (Å²) >= 11 is 0. The van der Waals surface area contributed by atoms with Gasteiger partial charge in [0.1, 0.15) is 0 Å². The van der Waals surface area contributed by atoms with Crippen LogP contribution < -0.4 is 5.32 Å². The first-order valence-corrected chi connectivity index (χ1v) is 12.2. The van der Waals surface area contributed by atoms with Crippen LogP contribution in [0.25, 0.3) is 0 Å². The first-order valence-electron chi connectivity index (χ1n) is 10.7. The molecule has 6 nitrogen and oxygen atoms in total. The molecule has 1 aliphatic heterocycles. The van der Waals surface area contributed by atoms with E-state index in [4.69, 9.17) is 0 Å². The molecular formula is C24H33N3O3S. The van der Waals surface area contributed by atoms with E-state index in [1.807, 2.05) is 52.2 Å². The van der Waals surface area contributed by atoms with Crippen LogP contribution in [-0.2, 0) is 27.9 Å². The molecule has 2 aromatic rings. The summed E-state index contributed by atoms with van der Waals surface area (Å²) in [7, 11) is 0.540. The second-order valence-corrected chi connectivity index (χ2v) is 10.6. The van der Waals surface area contributed by atoms with Crippen molar-refractivity contribution >= 4 is 15.9 Å². The van der Waals surface area contributed by atoms with Crippen molar-refractivity contribution in [1.82, 2.24) is 14.5 Å². The molecule has 2 aromatic carbocycles. The minimum absolute atomic E-state index is 0.000863. The molecule has 1 fully saturated rings. The zero-order chi connectivity index (χ0) is 22.6. The molecule has 1 saturated heterocycles. The molecule has 1 aliphatic rings. The second-order valence-electron chi connectivity index (χ2n) is 8.72. The highest BCUT2D eigenvalue weighted by atomic mass is 32.2. The molecule has 168 valence electrons. The van der Waals surface area contributed by atoms with Crippen molar-refractivity contribution in [3.8, 4) is 0 Å². The Balaban J connectivity index is 1.52. The van der Waals surface area contributed by atoms with E-state index in [1.165, 1.54) is 9.87 Å². The van der Waals surface area contributed by atoms with Crippen LogP contribution in [0.1, 0.15) is 35.1 Å². The summed E-state index contributed by atoms with van der Waals surface area (Å²) in [5.41, 5.74) is 4.10. The molecule has 0 saturated carbocycles. The Labute approximate surface area is 186 Å². The maximum Gasteiger partial charge on any atom is 0.243 e. The van der Waals surface area contributed by atoms with Crippen LogP contribution >= 0.6 is 0 Å². The Hall–Kier alpha value is -2.22. The first kappa shape index (κ1) is 23.4. The van der Waals surface area contributed by atoms with Crippen molar-refractivity contribution in [1.29, 1.82) is 0 Å². The predicted molar refractivity (Wildman–Crippen MR) is 123 cm³/mol. The van der Waals surface area contributed by atoms with Crippen LogP contribution in [0.4, 0.5) is 0 Å². The smallest absolute Gasteiger partial charge is 0.243 e. The monoisotopic (exact) mass is 443 g/mol. The van der Waals surface area contributed by atoms with Gasteiger partial charge < -0.3 is 10.2 Å². The van der Waals surface area contributed by atoms with Crippen molar-refractivity contribution < 1.29 is 13.2 Å². The van der Waals surface area contributed by atoms with E-state index in [9.17, 15) is 13.2 Å². The van der Waals surface area contributed by atoms with Crippen molar-refractivity contribution in [3.63, 3.8) is 0 Å². The minimum Gasteiger partial charge on any atom is -0.352 e. The van der Waals surface area contributed by atoms with Gasteiger partial charge in [0, 0.05) is 32.1 Å². The standard InChI is InChI=1S/C24H33N3O3S/c1-18-5-10-23(19(2)15-18)31(29,30)27-13-11-22(12-14-27)24(28)25-16-20-6-8-21(9-7-20)17-26(3)4/h5-10,15,22H,11-14,16-17H2,1-4H3,(H,25,28). The number of aryl methyl sites for hydroxylation is 2. The average Bonchev–Trinajstić information content (AvgIpc) is 2.72. The van der Waals surface area contributed by atoms with E-state index in [0.29, 0.717) is 37.4 Å². The van der Waals surface area contributed by atoms with Gasteiger partial charge in [-0.1, -0.05) is 42.0 Å². The fourth-order valence-corrected chi connectivity index (χ4v) is 5.72. The summed E-state index contributed by atoms with van der Waals surface area (Å²) in [6.45, 7) is 5.89. The number of hydrogen-bond acceptors (Lipinski definition) is 4. The van der Waals surface area contributed by atoms with Gasteiger partial charge in [0.25, 0.3) is 0 Å². The van der Waals surface area contributed by atoms with Crippen LogP contribution in [-0.4, -0.2) is 50.7 Å². The molecule has 0 atom stereocenters. The fourth-order valence-electron chi connectivity index (χ4n) is 4.05. The molecule has 3 rings (SSSR count). The number of nitrogens with zero attached hydrogens (tertiary/aromatic N) is 2. The number of carbonyl (C=O) groups is 1. The number of hydrogen-bond donors (Lipinski definition) is 1. The Kier molecular flexibility index (Phi) is 7.51. The van der Waals surface area contributed by atoms with Gasteiger partial charge in [0.2, 0.25) is 15.9 Å². The van der Waals surface area contributed by atoms with Crippen LogP contribution in [0.5, 0.6) is 0 Å². The maximum atomic E-state index is 13.0. The number of nitrogens with one attached hydrogen (secondary N) is 1. The first-order chi connectivity index (χ1) is 14.7. The summed E-state index contributed by atoms with van der Waals surface area (Å²) in [5, 5.41) is 3.01. The van der Waals surface area contributed by atoms with Gasteiger partial charge in [0.05, 0.1) is 4.90 Å². The SMILES string of the molecule is Cc1ccc(S(=O)(=O)N2CCC(C(=O)NCc3ccc(CN(C)C)cc3)CC2)c(C)c1. The Morgan fingerprint density at radius 3 is 2.23 bits per heavy atom. The third kappa shape index (κ3) is 5.93. The van der Waals surface area contributed by atoms with Gasteiger partial charge in [-0.3, -0.25) is 4.79 Å². The van der Waals surface area contributed by atoms with E-state index in [1.54, 1.807) is 6.07 Å².